The second-order valence-corrected chi connectivity index (χ2v) is 6.57. The summed E-state index contributed by atoms with van der Waals surface area (Å²) in [6.45, 7) is 8.04. The van der Waals surface area contributed by atoms with Crippen molar-refractivity contribution in [2.75, 3.05) is 40.0 Å². The first-order chi connectivity index (χ1) is 13.7. The van der Waals surface area contributed by atoms with Crippen LogP contribution in [-0.2, 0) is 6.42 Å². The topological polar surface area (TPSA) is 71.3 Å². The van der Waals surface area contributed by atoms with Gasteiger partial charge in [0.05, 0.1) is 12.3 Å². The maximum Gasteiger partial charge on any atom is 0.231 e. The molecule has 1 unspecified atom stereocenters. The molecule has 1 aliphatic rings. The van der Waals surface area contributed by atoms with Crippen molar-refractivity contribution in [3.63, 3.8) is 0 Å². The van der Waals surface area contributed by atoms with Crippen LogP contribution in [0.3, 0.4) is 0 Å². The number of rotatable bonds is 9. The number of likely N-dealkylation sites (N-methyl/N-ethyl adjacent to an activating group) is 1. The number of halogens is 1. The van der Waals surface area contributed by atoms with Gasteiger partial charge in [0.1, 0.15) is 5.76 Å². The first-order valence-electron chi connectivity index (χ1n) is 9.85. The fraction of sp³-hybridized carbons (Fsp3) is 0.476. The van der Waals surface area contributed by atoms with E-state index in [-0.39, 0.29) is 30.0 Å². The summed E-state index contributed by atoms with van der Waals surface area (Å²) in [5.74, 6) is 3.38. The molecule has 1 aromatic heterocycles. The Morgan fingerprint density at radius 1 is 1.14 bits per heavy atom. The molecule has 0 bridgehead atoms. The molecule has 2 N–H and O–H groups in total. The van der Waals surface area contributed by atoms with Gasteiger partial charge < -0.3 is 24.5 Å². The largest absolute Gasteiger partial charge is 0.468 e. The van der Waals surface area contributed by atoms with E-state index in [0.717, 1.165) is 55.8 Å². The lowest BCUT2D eigenvalue weighted by Crippen LogP contribution is -2.43. The molecule has 1 atom stereocenters. The van der Waals surface area contributed by atoms with Crippen molar-refractivity contribution in [2.45, 2.75) is 26.3 Å². The Balaban J connectivity index is 0.00000300. The normalized spacial score (nSPS) is 13.9. The minimum absolute atomic E-state index is 0. The zero-order valence-corrected chi connectivity index (χ0v) is 19.6. The monoisotopic (exact) mass is 514 g/mol. The lowest BCUT2D eigenvalue weighted by atomic mass is 10.1. The lowest BCUT2D eigenvalue weighted by molar-refractivity contribution is 0.174. The van der Waals surface area contributed by atoms with E-state index in [1.165, 1.54) is 5.56 Å². The van der Waals surface area contributed by atoms with E-state index in [4.69, 9.17) is 13.9 Å². The highest BCUT2D eigenvalue weighted by molar-refractivity contribution is 14.0. The molecule has 8 heteroatoms. The fourth-order valence-corrected chi connectivity index (χ4v) is 3.39. The number of nitrogens with zero attached hydrogens (tertiary/aromatic N) is 2. The van der Waals surface area contributed by atoms with Crippen molar-refractivity contribution in [3.8, 4) is 11.5 Å². The molecular formula is C21H31IN4O3. The van der Waals surface area contributed by atoms with Gasteiger partial charge in [0.15, 0.2) is 17.5 Å². The predicted octanol–water partition coefficient (Wildman–Crippen LogP) is 3.42. The van der Waals surface area contributed by atoms with E-state index in [9.17, 15) is 0 Å². The van der Waals surface area contributed by atoms with Gasteiger partial charge in [-0.25, -0.2) is 0 Å². The van der Waals surface area contributed by atoms with Crippen LogP contribution in [-0.4, -0.2) is 50.9 Å². The summed E-state index contributed by atoms with van der Waals surface area (Å²) in [4.78, 5) is 6.71. The fourth-order valence-electron chi connectivity index (χ4n) is 3.39. The molecule has 0 spiro atoms. The van der Waals surface area contributed by atoms with Gasteiger partial charge in [0.2, 0.25) is 6.79 Å². The summed E-state index contributed by atoms with van der Waals surface area (Å²) >= 11 is 0. The van der Waals surface area contributed by atoms with Gasteiger partial charge in [0.25, 0.3) is 0 Å². The third-order valence-corrected chi connectivity index (χ3v) is 4.95. The Kier molecular flexibility index (Phi) is 9.59. The number of fused-ring (bicyclic) bond motifs is 1. The molecule has 0 aliphatic carbocycles. The van der Waals surface area contributed by atoms with Gasteiger partial charge in [-0.15, -0.1) is 24.0 Å². The number of benzene rings is 1. The summed E-state index contributed by atoms with van der Waals surface area (Å²) in [6.07, 6.45) is 2.60. The Bertz CT molecular complexity index is 763. The molecule has 0 fully saturated rings. The van der Waals surface area contributed by atoms with E-state index >= 15 is 0 Å². The van der Waals surface area contributed by atoms with Gasteiger partial charge in [-0.2, -0.15) is 0 Å². The summed E-state index contributed by atoms with van der Waals surface area (Å²) in [5, 5.41) is 6.81. The second-order valence-electron chi connectivity index (χ2n) is 6.57. The summed E-state index contributed by atoms with van der Waals surface area (Å²) in [7, 11) is 1.79. The van der Waals surface area contributed by atoms with Crippen LogP contribution >= 0.6 is 24.0 Å². The van der Waals surface area contributed by atoms with Crippen LogP contribution in [0, 0.1) is 0 Å². The van der Waals surface area contributed by atoms with Crippen molar-refractivity contribution < 1.29 is 13.9 Å². The Morgan fingerprint density at radius 2 is 1.93 bits per heavy atom. The van der Waals surface area contributed by atoms with Gasteiger partial charge in [-0.1, -0.05) is 19.9 Å². The van der Waals surface area contributed by atoms with Gasteiger partial charge in [-0.05, 0) is 49.3 Å². The maximum absolute atomic E-state index is 5.66. The van der Waals surface area contributed by atoms with E-state index in [1.807, 2.05) is 24.3 Å². The van der Waals surface area contributed by atoms with Gasteiger partial charge >= 0.3 is 0 Å². The zero-order chi connectivity index (χ0) is 19.8. The van der Waals surface area contributed by atoms with E-state index < -0.39 is 0 Å². The molecule has 2 aromatic rings. The van der Waals surface area contributed by atoms with Crippen LogP contribution in [0.15, 0.2) is 46.0 Å². The molecule has 0 radical (unpaired) electrons. The van der Waals surface area contributed by atoms with Crippen LogP contribution in [0.2, 0.25) is 0 Å². The molecular weight excluding hydrogens is 483 g/mol. The Labute approximate surface area is 189 Å². The van der Waals surface area contributed by atoms with Gasteiger partial charge in [0, 0.05) is 20.1 Å². The van der Waals surface area contributed by atoms with Crippen LogP contribution in [0.5, 0.6) is 11.5 Å². The first kappa shape index (κ1) is 23.3. The molecule has 1 aliphatic heterocycles. The SMILES string of the molecule is CCN(CC)C(CNC(=NC)NCCc1ccc2c(c1)OCO2)c1ccco1.I. The van der Waals surface area contributed by atoms with Crippen molar-refractivity contribution in [3.05, 3.63) is 47.9 Å². The first-order valence-corrected chi connectivity index (χ1v) is 9.85. The average Bonchev–Trinajstić information content (AvgIpc) is 3.41. The summed E-state index contributed by atoms with van der Waals surface area (Å²) < 4.78 is 16.5. The van der Waals surface area contributed by atoms with E-state index in [0.29, 0.717) is 6.79 Å². The molecule has 29 heavy (non-hydrogen) atoms. The smallest absolute Gasteiger partial charge is 0.231 e. The highest BCUT2D eigenvalue weighted by atomic mass is 127. The molecule has 1 aromatic carbocycles. The van der Waals surface area contributed by atoms with Crippen LogP contribution in [0.1, 0.15) is 31.2 Å². The third kappa shape index (κ3) is 6.27. The number of ether oxygens (including phenoxy) is 2. The third-order valence-electron chi connectivity index (χ3n) is 4.95. The van der Waals surface area contributed by atoms with Crippen molar-refractivity contribution in [2.24, 2.45) is 4.99 Å². The predicted molar refractivity (Wildman–Crippen MR) is 125 cm³/mol. The van der Waals surface area contributed by atoms with Crippen LogP contribution in [0.4, 0.5) is 0 Å². The molecule has 3 rings (SSSR count). The molecule has 0 saturated heterocycles. The van der Waals surface area contributed by atoms with E-state index in [1.54, 1.807) is 13.3 Å². The van der Waals surface area contributed by atoms with Crippen molar-refractivity contribution in [1.29, 1.82) is 0 Å². The number of hydrogen-bond donors (Lipinski definition) is 2. The molecule has 0 saturated carbocycles. The average molecular weight is 514 g/mol. The van der Waals surface area contributed by atoms with Crippen LogP contribution < -0.4 is 20.1 Å². The van der Waals surface area contributed by atoms with Crippen molar-refractivity contribution >= 4 is 29.9 Å². The molecule has 160 valence electrons. The zero-order valence-electron chi connectivity index (χ0n) is 17.3. The maximum atomic E-state index is 5.66. The minimum atomic E-state index is 0. The Hall–Kier alpha value is -1.94. The molecule has 7 nitrogen and oxygen atoms in total. The van der Waals surface area contributed by atoms with Crippen molar-refractivity contribution in [1.82, 2.24) is 15.5 Å². The Morgan fingerprint density at radius 3 is 2.62 bits per heavy atom. The van der Waals surface area contributed by atoms with E-state index in [2.05, 4.69) is 40.4 Å². The minimum Gasteiger partial charge on any atom is -0.468 e. The quantitative estimate of drug-likeness (QED) is 0.304. The lowest BCUT2D eigenvalue weighted by Gasteiger charge is -2.28. The number of nitrogens with one attached hydrogen (secondary N) is 2. The number of guanidine groups is 1. The highest BCUT2D eigenvalue weighted by Crippen LogP contribution is 2.32. The number of hydrogen-bond acceptors (Lipinski definition) is 5. The standard InChI is InChI=1S/C21H30N4O3.HI/c1-4-25(5-2)17(18-7-6-12-26-18)14-24-21(22-3)23-11-10-16-8-9-19-20(13-16)28-15-27-19;/h6-9,12-13,17H,4-5,10-11,14-15H2,1-3H3,(H2,22,23,24);1H. The summed E-state index contributed by atoms with van der Waals surface area (Å²) in [5.41, 5.74) is 1.20. The number of aliphatic imine (C=N–C) groups is 1. The van der Waals surface area contributed by atoms with Crippen LogP contribution in [0.25, 0.3) is 0 Å². The number of furan rings is 1. The highest BCUT2D eigenvalue weighted by Gasteiger charge is 2.20. The van der Waals surface area contributed by atoms with Gasteiger partial charge in [-0.3, -0.25) is 9.89 Å². The second kappa shape index (κ2) is 11.9. The summed E-state index contributed by atoms with van der Waals surface area (Å²) in [6, 6.07) is 10.2. The molecule has 2 heterocycles. The molecule has 0 amide bonds.